The maximum Gasteiger partial charge on any atom is 0.289 e. The van der Waals surface area contributed by atoms with Crippen LogP contribution in [-0.4, -0.2) is 39.4 Å². The number of aromatic nitrogens is 2. The third-order valence-electron chi connectivity index (χ3n) is 5.30. The maximum atomic E-state index is 13.4. The first-order valence-corrected chi connectivity index (χ1v) is 10.6. The number of rotatable bonds is 7. The average molecular weight is 431 g/mol. The van der Waals surface area contributed by atoms with Crippen LogP contribution in [0.25, 0.3) is 11.0 Å². The van der Waals surface area contributed by atoms with Gasteiger partial charge in [0.2, 0.25) is 5.91 Å². The van der Waals surface area contributed by atoms with Crippen LogP contribution >= 0.6 is 0 Å². The van der Waals surface area contributed by atoms with Gasteiger partial charge in [0, 0.05) is 18.8 Å². The molecule has 7 nitrogen and oxygen atoms in total. The number of amides is 2. The summed E-state index contributed by atoms with van der Waals surface area (Å²) in [6.07, 6.45) is 1.47. The highest BCUT2D eigenvalue weighted by molar-refractivity contribution is 5.95. The predicted octanol–water partition coefficient (Wildman–Crippen LogP) is 4.34. The normalized spacial score (nSPS) is 11.1. The summed E-state index contributed by atoms with van der Waals surface area (Å²) in [6.45, 7) is 4.35. The number of fused-ring (bicyclic) bond motifs is 1. The number of furan rings is 1. The molecule has 0 atom stereocenters. The molecule has 164 valence electrons. The first kappa shape index (κ1) is 21.4. The van der Waals surface area contributed by atoms with Crippen LogP contribution in [-0.2, 0) is 17.9 Å². The average Bonchev–Trinajstić information content (AvgIpc) is 3.43. The van der Waals surface area contributed by atoms with Gasteiger partial charge in [0.1, 0.15) is 12.4 Å². The van der Waals surface area contributed by atoms with Crippen LogP contribution in [0.3, 0.4) is 0 Å². The van der Waals surface area contributed by atoms with E-state index in [2.05, 4.69) is 0 Å². The van der Waals surface area contributed by atoms with Crippen LogP contribution < -0.4 is 4.90 Å². The number of carbonyl (C=O) groups excluding carboxylic acids is 2. The largest absolute Gasteiger partial charge is 0.459 e. The van der Waals surface area contributed by atoms with Gasteiger partial charge in [-0.15, -0.1) is 0 Å². The lowest BCUT2D eigenvalue weighted by Crippen LogP contribution is -2.39. The van der Waals surface area contributed by atoms with E-state index in [1.54, 1.807) is 29.0 Å². The molecule has 0 aliphatic rings. The zero-order valence-electron chi connectivity index (χ0n) is 18.4. The smallest absolute Gasteiger partial charge is 0.289 e. The standard InChI is InChI=1S/C25H26N4O3/c1-18(2)29(19-10-5-4-6-11-19)24(30)17-28-21-13-8-7-12-20(21)26-23(28)16-27(3)25(31)22-14-9-15-32-22/h4-15,18H,16-17H2,1-3H3. The van der Waals surface area contributed by atoms with E-state index in [4.69, 9.17) is 9.40 Å². The molecule has 0 radical (unpaired) electrons. The van der Waals surface area contributed by atoms with Crippen molar-refractivity contribution in [2.75, 3.05) is 11.9 Å². The van der Waals surface area contributed by atoms with Crippen molar-refractivity contribution in [2.45, 2.75) is 33.0 Å². The van der Waals surface area contributed by atoms with Crippen LogP contribution in [0.1, 0.15) is 30.2 Å². The number of para-hydroxylation sites is 3. The van der Waals surface area contributed by atoms with E-state index in [9.17, 15) is 9.59 Å². The fraction of sp³-hybridized carbons (Fsp3) is 0.240. The quantitative estimate of drug-likeness (QED) is 0.437. The molecule has 0 spiro atoms. The van der Waals surface area contributed by atoms with Gasteiger partial charge >= 0.3 is 0 Å². The van der Waals surface area contributed by atoms with E-state index in [-0.39, 0.29) is 36.7 Å². The van der Waals surface area contributed by atoms with Crippen molar-refractivity contribution in [3.8, 4) is 0 Å². The maximum absolute atomic E-state index is 13.4. The molecule has 0 unspecified atom stereocenters. The summed E-state index contributed by atoms with van der Waals surface area (Å²) in [5.74, 6) is 0.615. The van der Waals surface area contributed by atoms with Crippen LogP contribution in [0, 0.1) is 0 Å². The second-order valence-electron chi connectivity index (χ2n) is 7.93. The molecular weight excluding hydrogens is 404 g/mol. The molecule has 4 aromatic rings. The molecule has 4 rings (SSSR count). The van der Waals surface area contributed by atoms with Crippen molar-refractivity contribution in [1.29, 1.82) is 0 Å². The lowest BCUT2D eigenvalue weighted by atomic mass is 10.2. The van der Waals surface area contributed by atoms with Crippen molar-refractivity contribution in [1.82, 2.24) is 14.5 Å². The highest BCUT2D eigenvalue weighted by atomic mass is 16.3. The number of imidazole rings is 1. The molecule has 7 heteroatoms. The second-order valence-corrected chi connectivity index (χ2v) is 7.93. The minimum Gasteiger partial charge on any atom is -0.459 e. The van der Waals surface area contributed by atoms with Gasteiger partial charge in [-0.05, 0) is 50.2 Å². The van der Waals surface area contributed by atoms with Crippen LogP contribution in [0.5, 0.6) is 0 Å². The lowest BCUT2D eigenvalue weighted by Gasteiger charge is -2.27. The summed E-state index contributed by atoms with van der Waals surface area (Å²) < 4.78 is 7.13. The molecule has 2 aromatic heterocycles. The zero-order valence-corrected chi connectivity index (χ0v) is 18.4. The molecule has 0 aliphatic carbocycles. The van der Waals surface area contributed by atoms with Crippen molar-refractivity contribution in [3.63, 3.8) is 0 Å². The Bertz CT molecular complexity index is 1210. The van der Waals surface area contributed by atoms with Gasteiger partial charge in [0.25, 0.3) is 5.91 Å². The number of hydrogen-bond acceptors (Lipinski definition) is 4. The van der Waals surface area contributed by atoms with Crippen molar-refractivity contribution in [3.05, 3.63) is 84.6 Å². The lowest BCUT2D eigenvalue weighted by molar-refractivity contribution is -0.119. The van der Waals surface area contributed by atoms with Crippen molar-refractivity contribution < 1.29 is 14.0 Å². The predicted molar refractivity (Wildman–Crippen MR) is 123 cm³/mol. The van der Waals surface area contributed by atoms with Gasteiger partial charge in [-0.2, -0.15) is 0 Å². The SMILES string of the molecule is CC(C)N(C(=O)Cn1c(CN(C)C(=O)c2ccco2)nc2ccccc21)c1ccccc1. The van der Waals surface area contributed by atoms with Gasteiger partial charge in [0.05, 0.1) is 23.8 Å². The fourth-order valence-electron chi connectivity index (χ4n) is 3.82. The first-order chi connectivity index (χ1) is 15.5. The number of anilines is 1. The summed E-state index contributed by atoms with van der Waals surface area (Å²) in [5, 5.41) is 0. The van der Waals surface area contributed by atoms with Crippen LogP contribution in [0.15, 0.2) is 77.4 Å². The molecule has 0 aliphatic heterocycles. The van der Waals surface area contributed by atoms with E-state index >= 15 is 0 Å². The minimum absolute atomic E-state index is 0.00802. The van der Waals surface area contributed by atoms with E-state index in [0.717, 1.165) is 16.7 Å². The Labute approximate surface area is 186 Å². The van der Waals surface area contributed by atoms with Gasteiger partial charge < -0.3 is 18.8 Å². The van der Waals surface area contributed by atoms with Gasteiger partial charge in [-0.25, -0.2) is 4.98 Å². The molecular formula is C25H26N4O3. The Balaban J connectivity index is 1.65. The Morgan fingerprint density at radius 2 is 1.72 bits per heavy atom. The molecule has 2 aromatic carbocycles. The molecule has 2 heterocycles. The molecule has 2 amide bonds. The van der Waals surface area contributed by atoms with E-state index in [0.29, 0.717) is 5.82 Å². The van der Waals surface area contributed by atoms with Crippen LogP contribution in [0.4, 0.5) is 5.69 Å². The number of nitrogens with zero attached hydrogens (tertiary/aromatic N) is 4. The third-order valence-corrected chi connectivity index (χ3v) is 5.30. The highest BCUT2D eigenvalue weighted by Crippen LogP contribution is 2.21. The highest BCUT2D eigenvalue weighted by Gasteiger charge is 2.23. The first-order valence-electron chi connectivity index (χ1n) is 10.6. The van der Waals surface area contributed by atoms with E-state index in [1.807, 2.05) is 73.0 Å². The summed E-state index contributed by atoms with van der Waals surface area (Å²) in [4.78, 5) is 34.1. The van der Waals surface area contributed by atoms with Gasteiger partial charge in [-0.1, -0.05) is 30.3 Å². The molecule has 32 heavy (non-hydrogen) atoms. The zero-order chi connectivity index (χ0) is 22.7. The molecule has 0 N–H and O–H groups in total. The molecule has 0 fully saturated rings. The Kier molecular flexibility index (Phi) is 6.07. The molecule has 0 saturated carbocycles. The third kappa shape index (κ3) is 4.27. The fourth-order valence-corrected chi connectivity index (χ4v) is 3.82. The van der Waals surface area contributed by atoms with Gasteiger partial charge in [0.15, 0.2) is 5.76 Å². The number of carbonyl (C=O) groups is 2. The summed E-state index contributed by atoms with van der Waals surface area (Å²) in [7, 11) is 1.70. The Hall–Kier alpha value is -3.87. The van der Waals surface area contributed by atoms with E-state index < -0.39 is 0 Å². The Morgan fingerprint density at radius 3 is 2.41 bits per heavy atom. The van der Waals surface area contributed by atoms with Gasteiger partial charge in [-0.3, -0.25) is 9.59 Å². The van der Waals surface area contributed by atoms with Crippen molar-refractivity contribution >= 4 is 28.5 Å². The summed E-state index contributed by atoms with van der Waals surface area (Å²) in [6, 6.07) is 20.6. The molecule has 0 bridgehead atoms. The topological polar surface area (TPSA) is 71.6 Å². The monoisotopic (exact) mass is 430 g/mol. The summed E-state index contributed by atoms with van der Waals surface area (Å²) >= 11 is 0. The second kappa shape index (κ2) is 9.09. The number of hydrogen-bond donors (Lipinski definition) is 0. The number of benzene rings is 2. The van der Waals surface area contributed by atoms with Crippen molar-refractivity contribution in [2.24, 2.45) is 0 Å². The van der Waals surface area contributed by atoms with E-state index in [1.165, 1.54) is 6.26 Å². The van der Waals surface area contributed by atoms with Crippen LogP contribution in [0.2, 0.25) is 0 Å². The summed E-state index contributed by atoms with van der Waals surface area (Å²) in [5.41, 5.74) is 2.49. The molecule has 0 saturated heterocycles. The minimum atomic E-state index is -0.243. The Morgan fingerprint density at radius 1 is 1.00 bits per heavy atom.